The minimum absolute atomic E-state index is 0.0303. The zero-order chi connectivity index (χ0) is 17.0. The lowest BCUT2D eigenvalue weighted by Gasteiger charge is -2.01. The van der Waals surface area contributed by atoms with Gasteiger partial charge in [0, 0.05) is 23.4 Å². The number of aromatic amines is 1. The van der Waals surface area contributed by atoms with Crippen molar-refractivity contribution in [1.82, 2.24) is 15.6 Å². The maximum atomic E-state index is 12.0. The highest BCUT2D eigenvalue weighted by molar-refractivity contribution is 6.00. The van der Waals surface area contributed by atoms with Gasteiger partial charge in [-0.25, -0.2) is 5.43 Å². The number of carbonyl (C=O) groups excluding carboxylic acids is 1. The van der Waals surface area contributed by atoms with E-state index in [9.17, 15) is 14.9 Å². The molecule has 8 nitrogen and oxygen atoms in total. The van der Waals surface area contributed by atoms with Crippen molar-refractivity contribution in [2.75, 3.05) is 0 Å². The maximum absolute atomic E-state index is 12.0. The lowest BCUT2D eigenvalue weighted by Crippen LogP contribution is -2.19. The molecule has 120 valence electrons. The molecule has 0 atom stereocenters. The third-order valence-corrected chi connectivity index (χ3v) is 3.25. The number of carbonyl (C=O) groups is 1. The van der Waals surface area contributed by atoms with E-state index in [1.165, 1.54) is 12.1 Å². The number of nitrogens with one attached hydrogen (secondary N) is 2. The van der Waals surface area contributed by atoms with Crippen molar-refractivity contribution in [3.8, 4) is 0 Å². The number of nitrogens with zero attached hydrogens (tertiary/aromatic N) is 3. The molecule has 0 aliphatic heterocycles. The number of hydrogen-bond acceptors (Lipinski definition) is 5. The van der Waals surface area contributed by atoms with Crippen LogP contribution in [0.2, 0.25) is 0 Å². The van der Waals surface area contributed by atoms with E-state index < -0.39 is 10.8 Å². The molecule has 23 heavy (non-hydrogen) atoms. The summed E-state index contributed by atoms with van der Waals surface area (Å²) in [5, 5.41) is 21.5. The molecule has 1 aromatic heterocycles. The number of rotatable bonds is 5. The molecule has 0 aliphatic carbocycles. The molecular weight excluding hydrogens is 298 g/mol. The van der Waals surface area contributed by atoms with Gasteiger partial charge in [-0.3, -0.25) is 20.0 Å². The molecule has 1 aromatic carbocycles. The molecule has 0 bridgehead atoms. The van der Waals surface area contributed by atoms with Crippen LogP contribution >= 0.6 is 0 Å². The molecule has 0 saturated carbocycles. The molecule has 8 heteroatoms. The number of H-pyrrole nitrogens is 1. The molecule has 0 fully saturated rings. The average Bonchev–Trinajstić information content (AvgIpc) is 3.02. The first-order valence-corrected chi connectivity index (χ1v) is 7.03. The highest BCUT2D eigenvalue weighted by Crippen LogP contribution is 2.14. The van der Waals surface area contributed by atoms with Gasteiger partial charge in [0.2, 0.25) is 0 Å². The van der Waals surface area contributed by atoms with Crippen LogP contribution in [0.1, 0.15) is 48.4 Å². The zero-order valence-electron chi connectivity index (χ0n) is 13.0. The molecule has 0 saturated heterocycles. The average molecular weight is 315 g/mol. The fourth-order valence-corrected chi connectivity index (χ4v) is 1.85. The van der Waals surface area contributed by atoms with Gasteiger partial charge in [0.1, 0.15) is 0 Å². The predicted molar refractivity (Wildman–Crippen MR) is 85.5 cm³/mol. The molecule has 2 aromatic rings. The Morgan fingerprint density at radius 3 is 2.74 bits per heavy atom. The third kappa shape index (κ3) is 4.00. The van der Waals surface area contributed by atoms with Crippen molar-refractivity contribution < 1.29 is 9.72 Å². The Morgan fingerprint density at radius 2 is 2.13 bits per heavy atom. The van der Waals surface area contributed by atoms with Crippen molar-refractivity contribution in [2.45, 2.75) is 26.7 Å². The van der Waals surface area contributed by atoms with E-state index in [1.54, 1.807) is 25.1 Å². The van der Waals surface area contributed by atoms with Gasteiger partial charge in [0.25, 0.3) is 11.6 Å². The van der Waals surface area contributed by atoms with Crippen molar-refractivity contribution in [2.24, 2.45) is 5.10 Å². The van der Waals surface area contributed by atoms with Crippen LogP contribution in [0.25, 0.3) is 0 Å². The first-order chi connectivity index (χ1) is 10.9. The van der Waals surface area contributed by atoms with Crippen LogP contribution in [0.4, 0.5) is 5.69 Å². The standard InChI is InChI=1S/C15H17N5O3/c1-9(2)13-8-14(18-17-13)15(21)19-16-10(3)11-5-4-6-12(7-11)20(22)23/h4-9H,1-3H3,(H,17,18)(H,19,21)/b16-10-. The summed E-state index contributed by atoms with van der Waals surface area (Å²) in [6, 6.07) is 7.71. The van der Waals surface area contributed by atoms with Gasteiger partial charge in [-0.1, -0.05) is 26.0 Å². The number of amides is 1. The topological polar surface area (TPSA) is 113 Å². The molecule has 0 radical (unpaired) electrons. The highest BCUT2D eigenvalue weighted by atomic mass is 16.6. The van der Waals surface area contributed by atoms with Gasteiger partial charge in [0.05, 0.1) is 10.6 Å². The van der Waals surface area contributed by atoms with Crippen molar-refractivity contribution in [3.63, 3.8) is 0 Å². The van der Waals surface area contributed by atoms with Crippen LogP contribution in [0.15, 0.2) is 35.4 Å². The Morgan fingerprint density at radius 1 is 1.39 bits per heavy atom. The molecule has 2 rings (SSSR count). The number of nitro groups is 1. The largest absolute Gasteiger partial charge is 0.291 e. The number of hydrazone groups is 1. The van der Waals surface area contributed by atoms with E-state index in [-0.39, 0.29) is 17.3 Å². The smallest absolute Gasteiger partial charge is 0.282 e. The number of benzene rings is 1. The Balaban J connectivity index is 2.10. The number of nitro benzene ring substituents is 1. The van der Waals surface area contributed by atoms with Crippen molar-refractivity contribution in [1.29, 1.82) is 0 Å². The van der Waals surface area contributed by atoms with E-state index in [4.69, 9.17) is 0 Å². The Hall–Kier alpha value is -3.03. The van der Waals surface area contributed by atoms with Gasteiger partial charge in [-0.2, -0.15) is 10.2 Å². The maximum Gasteiger partial charge on any atom is 0.291 e. The van der Waals surface area contributed by atoms with Crippen LogP contribution in [0, 0.1) is 10.1 Å². The molecule has 1 heterocycles. The first kappa shape index (κ1) is 16.3. The van der Waals surface area contributed by atoms with Crippen LogP contribution in [-0.4, -0.2) is 26.7 Å². The van der Waals surface area contributed by atoms with E-state index in [0.29, 0.717) is 11.3 Å². The van der Waals surface area contributed by atoms with Gasteiger partial charge >= 0.3 is 0 Å². The summed E-state index contributed by atoms with van der Waals surface area (Å²) in [4.78, 5) is 22.3. The molecule has 0 unspecified atom stereocenters. The fraction of sp³-hybridized carbons (Fsp3) is 0.267. The van der Waals surface area contributed by atoms with Gasteiger partial charge in [-0.05, 0) is 18.9 Å². The first-order valence-electron chi connectivity index (χ1n) is 7.03. The molecule has 0 aliphatic rings. The van der Waals surface area contributed by atoms with E-state index in [2.05, 4.69) is 20.7 Å². The molecular formula is C15H17N5O3. The second-order valence-electron chi connectivity index (χ2n) is 5.31. The van der Waals surface area contributed by atoms with Gasteiger partial charge in [-0.15, -0.1) is 0 Å². The summed E-state index contributed by atoms with van der Waals surface area (Å²) >= 11 is 0. The monoisotopic (exact) mass is 315 g/mol. The highest BCUT2D eigenvalue weighted by Gasteiger charge is 2.12. The minimum atomic E-state index is -0.480. The summed E-state index contributed by atoms with van der Waals surface area (Å²) < 4.78 is 0. The fourth-order valence-electron chi connectivity index (χ4n) is 1.85. The quantitative estimate of drug-likeness (QED) is 0.501. The van der Waals surface area contributed by atoms with E-state index in [1.807, 2.05) is 13.8 Å². The van der Waals surface area contributed by atoms with Gasteiger partial charge in [0.15, 0.2) is 5.69 Å². The zero-order valence-corrected chi connectivity index (χ0v) is 13.0. The third-order valence-electron chi connectivity index (χ3n) is 3.25. The SMILES string of the molecule is C/C(=N/NC(=O)c1cc(C(C)C)[nH]n1)c1cccc([N+](=O)[O-])c1. The predicted octanol–water partition coefficient (Wildman–Crippen LogP) is 2.60. The minimum Gasteiger partial charge on any atom is -0.282 e. The summed E-state index contributed by atoms with van der Waals surface area (Å²) in [6.45, 7) is 5.63. The lowest BCUT2D eigenvalue weighted by molar-refractivity contribution is -0.384. The number of non-ortho nitro benzene ring substituents is 1. The van der Waals surface area contributed by atoms with Crippen LogP contribution in [0.3, 0.4) is 0 Å². The van der Waals surface area contributed by atoms with Crippen LogP contribution in [0.5, 0.6) is 0 Å². The Bertz CT molecular complexity index is 764. The summed E-state index contributed by atoms with van der Waals surface area (Å²) in [6.07, 6.45) is 0. The second-order valence-corrected chi connectivity index (χ2v) is 5.31. The summed E-state index contributed by atoms with van der Waals surface area (Å²) in [5.74, 6) is -0.211. The van der Waals surface area contributed by atoms with Crippen molar-refractivity contribution >= 4 is 17.3 Å². The van der Waals surface area contributed by atoms with Crippen LogP contribution < -0.4 is 5.43 Å². The summed E-state index contributed by atoms with van der Waals surface area (Å²) in [5.41, 5.74) is 4.48. The second kappa shape index (κ2) is 6.82. The Labute approximate surface area is 132 Å². The van der Waals surface area contributed by atoms with Crippen molar-refractivity contribution in [3.05, 3.63) is 57.4 Å². The molecule has 2 N–H and O–H groups in total. The van der Waals surface area contributed by atoms with Crippen LogP contribution in [-0.2, 0) is 0 Å². The molecule has 0 spiro atoms. The number of hydrogen-bond donors (Lipinski definition) is 2. The van der Waals surface area contributed by atoms with E-state index in [0.717, 1.165) is 5.69 Å². The van der Waals surface area contributed by atoms with Gasteiger partial charge < -0.3 is 0 Å². The number of aromatic nitrogens is 2. The van der Waals surface area contributed by atoms with E-state index >= 15 is 0 Å². The lowest BCUT2D eigenvalue weighted by atomic mass is 10.1. The Kier molecular flexibility index (Phi) is 4.85. The normalized spacial score (nSPS) is 11.6. The molecule has 1 amide bonds. The summed E-state index contributed by atoms with van der Waals surface area (Å²) in [7, 11) is 0.